The minimum atomic E-state index is -0.417. The first-order chi connectivity index (χ1) is 16.5. The van der Waals surface area contributed by atoms with Crippen molar-refractivity contribution in [3.8, 4) is 11.6 Å². The van der Waals surface area contributed by atoms with Crippen LogP contribution in [0.4, 0.5) is 11.5 Å². The van der Waals surface area contributed by atoms with Crippen molar-refractivity contribution in [3.63, 3.8) is 0 Å². The number of ether oxygens (including phenoxy) is 2. The zero-order chi connectivity index (χ0) is 23.9. The Labute approximate surface area is 198 Å². The molecule has 0 fully saturated rings. The lowest BCUT2D eigenvalue weighted by Crippen LogP contribution is -2.41. The summed E-state index contributed by atoms with van der Waals surface area (Å²) in [5, 5.41) is 24.2. The lowest BCUT2D eigenvalue weighted by atomic mass is 10.2. The topological polar surface area (TPSA) is 131 Å². The molecule has 1 atom stereocenters. The number of aromatic nitrogens is 3. The fourth-order valence-electron chi connectivity index (χ4n) is 3.69. The van der Waals surface area contributed by atoms with Crippen LogP contribution in [0, 0.1) is 0 Å². The molecule has 182 valence electrons. The molecule has 2 aromatic heterocycles. The van der Waals surface area contributed by atoms with Crippen LogP contribution in [0.5, 0.6) is 11.6 Å². The van der Waals surface area contributed by atoms with E-state index in [1.165, 1.54) is 6.33 Å². The Morgan fingerprint density at radius 2 is 2.09 bits per heavy atom. The standard InChI is InChI=1S/C23H31N7O4/c1-29-8-4-7-24-21-20-18(23(32)28-22(20)27-14-26-21)12-25-16-5-3-6-17(11-16)33-10-9-30(2)19(13-31)34-15-29/h3,5-6,11-12,14,19,31-32H,4,7-10,13,15H2,1-2H3,(H2,24,26,27,28)/t19-/m0/s1. The molecule has 2 bridgehead atoms. The highest BCUT2D eigenvalue weighted by Crippen LogP contribution is 2.30. The summed E-state index contributed by atoms with van der Waals surface area (Å²) in [5.41, 5.74) is 1.72. The van der Waals surface area contributed by atoms with Gasteiger partial charge in [-0.15, -0.1) is 0 Å². The molecule has 0 radical (unpaired) electrons. The number of likely N-dealkylation sites (N-methyl/N-ethyl adjacent to an activating group) is 1. The molecule has 0 aliphatic carbocycles. The molecule has 1 aliphatic heterocycles. The van der Waals surface area contributed by atoms with Crippen molar-refractivity contribution in [2.75, 3.05) is 59.0 Å². The third kappa shape index (κ3) is 5.81. The SMILES string of the molecule is CN1CCCNc2ncnc3[nH]c(O)c(c23)C=Nc2cccc(c2)OCCN(C)[C@H](CO)OC1. The molecule has 0 spiro atoms. The highest BCUT2D eigenvalue weighted by atomic mass is 16.5. The van der Waals surface area contributed by atoms with Crippen molar-refractivity contribution < 1.29 is 19.7 Å². The van der Waals surface area contributed by atoms with E-state index in [1.54, 1.807) is 6.21 Å². The summed E-state index contributed by atoms with van der Waals surface area (Å²) < 4.78 is 11.8. The van der Waals surface area contributed by atoms with E-state index in [-0.39, 0.29) is 12.5 Å². The molecule has 0 amide bonds. The van der Waals surface area contributed by atoms with Gasteiger partial charge in [-0.3, -0.25) is 14.8 Å². The number of H-pyrrole nitrogens is 1. The molecule has 4 rings (SSSR count). The zero-order valence-corrected chi connectivity index (χ0v) is 19.4. The van der Waals surface area contributed by atoms with E-state index in [2.05, 4.69) is 25.3 Å². The van der Waals surface area contributed by atoms with Gasteiger partial charge in [0.1, 0.15) is 43.1 Å². The number of rotatable bonds is 1. The first-order valence-electron chi connectivity index (χ1n) is 11.2. The van der Waals surface area contributed by atoms with Crippen LogP contribution in [0.25, 0.3) is 11.0 Å². The van der Waals surface area contributed by atoms with Crippen molar-refractivity contribution in [2.45, 2.75) is 12.6 Å². The zero-order valence-electron chi connectivity index (χ0n) is 19.4. The van der Waals surface area contributed by atoms with Crippen LogP contribution in [-0.4, -0.2) is 101 Å². The Hall–Kier alpha value is -3.25. The van der Waals surface area contributed by atoms with Gasteiger partial charge < -0.3 is 30.0 Å². The molecule has 11 nitrogen and oxygen atoms in total. The van der Waals surface area contributed by atoms with Gasteiger partial charge in [-0.2, -0.15) is 0 Å². The van der Waals surface area contributed by atoms with Crippen LogP contribution >= 0.6 is 0 Å². The lowest BCUT2D eigenvalue weighted by molar-refractivity contribution is -0.109. The van der Waals surface area contributed by atoms with E-state index in [0.717, 1.165) is 13.0 Å². The molecular formula is C23H31N7O4. The molecule has 11 heteroatoms. The number of anilines is 1. The van der Waals surface area contributed by atoms with Crippen molar-refractivity contribution in [1.29, 1.82) is 0 Å². The number of aliphatic imine (C=N–C) groups is 1. The van der Waals surface area contributed by atoms with Crippen LogP contribution in [0.2, 0.25) is 0 Å². The van der Waals surface area contributed by atoms with Crippen molar-refractivity contribution in [1.82, 2.24) is 24.8 Å². The summed E-state index contributed by atoms with van der Waals surface area (Å²) in [6.45, 7) is 2.75. The van der Waals surface area contributed by atoms with Gasteiger partial charge in [-0.1, -0.05) is 6.07 Å². The van der Waals surface area contributed by atoms with Gasteiger partial charge in [0, 0.05) is 31.9 Å². The maximum Gasteiger partial charge on any atom is 0.199 e. The molecule has 4 N–H and O–H groups in total. The number of aliphatic hydroxyl groups excluding tert-OH is 1. The average molecular weight is 470 g/mol. The molecule has 0 saturated heterocycles. The van der Waals surface area contributed by atoms with Gasteiger partial charge in [-0.25, -0.2) is 9.97 Å². The van der Waals surface area contributed by atoms with Crippen LogP contribution < -0.4 is 10.1 Å². The van der Waals surface area contributed by atoms with E-state index in [1.807, 2.05) is 48.2 Å². The first-order valence-corrected chi connectivity index (χ1v) is 11.2. The van der Waals surface area contributed by atoms with E-state index in [4.69, 9.17) is 9.47 Å². The van der Waals surface area contributed by atoms with Crippen LogP contribution in [0.15, 0.2) is 35.6 Å². The second-order valence-corrected chi connectivity index (χ2v) is 8.21. The molecule has 0 saturated carbocycles. The third-order valence-electron chi connectivity index (χ3n) is 5.63. The number of nitrogens with one attached hydrogen (secondary N) is 2. The summed E-state index contributed by atoms with van der Waals surface area (Å²) in [6.07, 6.45) is 3.47. The van der Waals surface area contributed by atoms with Crippen LogP contribution in [0.3, 0.4) is 0 Å². The normalized spacial score (nSPS) is 19.4. The Bertz CT molecular complexity index is 1120. The van der Waals surface area contributed by atoms with Gasteiger partial charge >= 0.3 is 0 Å². The van der Waals surface area contributed by atoms with E-state index >= 15 is 0 Å². The van der Waals surface area contributed by atoms with Crippen molar-refractivity contribution >= 4 is 28.8 Å². The maximum atomic E-state index is 10.5. The van der Waals surface area contributed by atoms with Gasteiger partial charge in [0.2, 0.25) is 0 Å². The Morgan fingerprint density at radius 3 is 2.94 bits per heavy atom. The number of hydrogen-bond donors (Lipinski definition) is 4. The van der Waals surface area contributed by atoms with E-state index in [0.29, 0.717) is 60.3 Å². The quantitative estimate of drug-likeness (QED) is 0.421. The molecule has 3 aromatic rings. The minimum Gasteiger partial charge on any atom is -0.494 e. The highest BCUT2D eigenvalue weighted by molar-refractivity contribution is 6.06. The lowest BCUT2D eigenvalue weighted by Gasteiger charge is -2.28. The van der Waals surface area contributed by atoms with Crippen LogP contribution in [-0.2, 0) is 4.74 Å². The largest absolute Gasteiger partial charge is 0.494 e. The molecule has 0 unspecified atom stereocenters. The number of fused-ring (bicyclic) bond motifs is 2. The van der Waals surface area contributed by atoms with E-state index < -0.39 is 6.23 Å². The number of benzene rings is 1. The second-order valence-electron chi connectivity index (χ2n) is 8.21. The summed E-state index contributed by atoms with van der Waals surface area (Å²) in [7, 11) is 3.86. The van der Waals surface area contributed by atoms with Gasteiger partial charge in [-0.05, 0) is 32.6 Å². The van der Waals surface area contributed by atoms with Crippen molar-refractivity contribution in [3.05, 3.63) is 36.2 Å². The Morgan fingerprint density at radius 1 is 1.21 bits per heavy atom. The monoisotopic (exact) mass is 469 g/mol. The molecule has 1 aromatic carbocycles. The number of hydrogen-bond acceptors (Lipinski definition) is 10. The average Bonchev–Trinajstić information content (AvgIpc) is 3.16. The Balaban J connectivity index is 1.61. The number of aliphatic hydroxyl groups is 1. The first kappa shape index (κ1) is 23.9. The third-order valence-corrected chi connectivity index (χ3v) is 5.63. The maximum absolute atomic E-state index is 10.5. The summed E-state index contributed by atoms with van der Waals surface area (Å²) >= 11 is 0. The van der Waals surface area contributed by atoms with E-state index in [9.17, 15) is 10.2 Å². The smallest absolute Gasteiger partial charge is 0.199 e. The summed E-state index contributed by atoms with van der Waals surface area (Å²) in [4.78, 5) is 20.0. The number of nitrogens with zero attached hydrogens (tertiary/aromatic N) is 5. The molecular weight excluding hydrogens is 438 g/mol. The number of aromatic hydroxyl groups is 1. The fourth-order valence-corrected chi connectivity index (χ4v) is 3.69. The van der Waals surface area contributed by atoms with Gasteiger partial charge in [0.25, 0.3) is 0 Å². The fraction of sp³-hybridized carbons (Fsp3) is 0.435. The highest BCUT2D eigenvalue weighted by Gasteiger charge is 2.17. The summed E-state index contributed by atoms with van der Waals surface area (Å²) in [6, 6.07) is 7.40. The van der Waals surface area contributed by atoms with Gasteiger partial charge in [0.05, 0.1) is 23.2 Å². The van der Waals surface area contributed by atoms with Gasteiger partial charge in [0.15, 0.2) is 5.88 Å². The molecule has 34 heavy (non-hydrogen) atoms. The molecule has 1 aliphatic rings. The second kappa shape index (κ2) is 11.3. The molecule has 3 heterocycles. The van der Waals surface area contributed by atoms with Crippen molar-refractivity contribution in [2.24, 2.45) is 4.99 Å². The Kier molecular flexibility index (Phi) is 7.91. The summed E-state index contributed by atoms with van der Waals surface area (Å²) in [5.74, 6) is 1.28. The minimum absolute atomic E-state index is 0.0183. The number of aromatic amines is 1. The predicted molar refractivity (Wildman–Crippen MR) is 130 cm³/mol. The predicted octanol–water partition coefficient (Wildman–Crippen LogP) is 1.76. The van der Waals surface area contributed by atoms with Crippen LogP contribution in [0.1, 0.15) is 12.0 Å².